The second-order valence-electron chi connectivity index (χ2n) is 3.34. The summed E-state index contributed by atoms with van der Waals surface area (Å²) in [5.74, 6) is -3.34. The molecule has 0 radical (unpaired) electrons. The number of carbonyl (C=O) groups is 2. The third-order valence-electron chi connectivity index (χ3n) is 2.04. The van der Waals surface area contributed by atoms with Gasteiger partial charge in [-0.25, -0.2) is 4.79 Å². The van der Waals surface area contributed by atoms with E-state index in [0.29, 0.717) is 0 Å². The normalized spacial score (nSPS) is 9.42. The van der Waals surface area contributed by atoms with Crippen molar-refractivity contribution in [2.24, 2.45) is 0 Å². The van der Waals surface area contributed by atoms with Crippen molar-refractivity contribution in [3.05, 3.63) is 27.8 Å². The quantitative estimate of drug-likeness (QED) is 0.414. The monoisotopic (exact) mass is 265 g/mol. The summed E-state index contributed by atoms with van der Waals surface area (Å²) in [6, 6.07) is 3.23. The number of hydrogen-bond donors (Lipinski definition) is 3. The van der Waals surface area contributed by atoms with Gasteiger partial charge in [0.05, 0.1) is 11.0 Å². The van der Waals surface area contributed by atoms with Gasteiger partial charge in [0.15, 0.2) is 0 Å². The lowest BCUT2D eigenvalue weighted by Gasteiger charge is -2.06. The van der Waals surface area contributed by atoms with Crippen LogP contribution in [0.15, 0.2) is 12.1 Å². The van der Waals surface area contributed by atoms with Crippen LogP contribution in [0.4, 0.5) is 11.4 Å². The molecule has 0 aliphatic rings. The minimum absolute atomic E-state index is 0.192. The van der Waals surface area contributed by atoms with Gasteiger partial charge in [-0.1, -0.05) is 0 Å². The van der Waals surface area contributed by atoms with Gasteiger partial charge < -0.3 is 15.5 Å². The van der Waals surface area contributed by atoms with E-state index in [0.717, 1.165) is 12.1 Å². The number of carboxylic acid groups (broad SMARTS) is 1. The highest BCUT2D eigenvalue weighted by molar-refractivity contribution is 5.97. The first kappa shape index (κ1) is 13.9. The van der Waals surface area contributed by atoms with E-state index < -0.39 is 40.2 Å². The van der Waals surface area contributed by atoms with Crippen LogP contribution in [-0.4, -0.2) is 27.0 Å². The number of phenols is 1. The van der Waals surface area contributed by atoms with Gasteiger partial charge in [0, 0.05) is 11.8 Å². The lowest BCUT2D eigenvalue weighted by molar-refractivity contribution is -0.385. The second-order valence-corrected chi connectivity index (χ2v) is 3.34. The highest BCUT2D eigenvalue weighted by atomic mass is 16.6. The molecule has 0 aliphatic heterocycles. The SMILES string of the molecule is N#CCC(=O)Nc1cc(C(=O)O)c(O)c([N+](=O)[O-])c1. The number of benzene rings is 1. The molecule has 0 unspecified atom stereocenters. The van der Waals surface area contributed by atoms with E-state index in [1.165, 1.54) is 0 Å². The lowest BCUT2D eigenvalue weighted by atomic mass is 10.1. The summed E-state index contributed by atoms with van der Waals surface area (Å²) in [4.78, 5) is 31.6. The highest BCUT2D eigenvalue weighted by Crippen LogP contribution is 2.33. The average Bonchev–Trinajstić information content (AvgIpc) is 2.30. The maximum Gasteiger partial charge on any atom is 0.339 e. The summed E-state index contributed by atoms with van der Waals surface area (Å²) < 4.78 is 0. The zero-order valence-electron chi connectivity index (χ0n) is 9.28. The number of nitriles is 1. The molecule has 0 atom stereocenters. The highest BCUT2D eigenvalue weighted by Gasteiger charge is 2.23. The molecule has 0 saturated carbocycles. The Morgan fingerprint density at radius 1 is 1.47 bits per heavy atom. The molecule has 1 rings (SSSR count). The fourth-order valence-electron chi connectivity index (χ4n) is 1.27. The third kappa shape index (κ3) is 3.16. The zero-order valence-corrected chi connectivity index (χ0v) is 9.28. The smallest absolute Gasteiger partial charge is 0.339 e. The molecule has 0 heterocycles. The maximum absolute atomic E-state index is 11.1. The minimum atomic E-state index is -1.59. The molecule has 0 spiro atoms. The van der Waals surface area contributed by atoms with Crippen molar-refractivity contribution in [2.75, 3.05) is 5.32 Å². The third-order valence-corrected chi connectivity index (χ3v) is 2.04. The van der Waals surface area contributed by atoms with Gasteiger partial charge in [0.25, 0.3) is 0 Å². The fraction of sp³-hybridized carbons (Fsp3) is 0.100. The van der Waals surface area contributed by atoms with Crippen LogP contribution in [0.5, 0.6) is 5.75 Å². The first-order valence-corrected chi connectivity index (χ1v) is 4.78. The number of rotatable bonds is 4. The predicted octanol–water partition coefficient (Wildman–Crippen LogP) is 0.851. The van der Waals surface area contributed by atoms with Crippen molar-refractivity contribution in [1.82, 2.24) is 0 Å². The first-order valence-electron chi connectivity index (χ1n) is 4.78. The molecule has 0 aliphatic carbocycles. The van der Waals surface area contributed by atoms with Gasteiger partial charge in [0.2, 0.25) is 11.7 Å². The Bertz CT molecular complexity index is 569. The largest absolute Gasteiger partial charge is 0.501 e. The summed E-state index contributed by atoms with van der Waals surface area (Å²) in [6.45, 7) is 0. The lowest BCUT2D eigenvalue weighted by Crippen LogP contribution is -2.11. The Morgan fingerprint density at radius 2 is 2.11 bits per heavy atom. The first-order chi connectivity index (χ1) is 8.86. The van der Waals surface area contributed by atoms with Crippen LogP contribution in [0.1, 0.15) is 16.8 Å². The van der Waals surface area contributed by atoms with Gasteiger partial charge in [-0.15, -0.1) is 0 Å². The number of nitrogens with zero attached hydrogens (tertiary/aromatic N) is 2. The van der Waals surface area contributed by atoms with Crippen molar-refractivity contribution in [3.8, 4) is 11.8 Å². The fourth-order valence-corrected chi connectivity index (χ4v) is 1.27. The van der Waals surface area contributed by atoms with Crippen LogP contribution in [0.3, 0.4) is 0 Å². The predicted molar refractivity (Wildman–Crippen MR) is 60.6 cm³/mol. The van der Waals surface area contributed by atoms with Crippen LogP contribution in [0.2, 0.25) is 0 Å². The average molecular weight is 265 g/mol. The molecule has 1 aromatic carbocycles. The second kappa shape index (κ2) is 5.46. The van der Waals surface area contributed by atoms with Crippen molar-refractivity contribution >= 4 is 23.3 Å². The Hall–Kier alpha value is -3.15. The van der Waals surface area contributed by atoms with Crippen molar-refractivity contribution in [2.45, 2.75) is 6.42 Å². The summed E-state index contributed by atoms with van der Waals surface area (Å²) >= 11 is 0. The number of carboxylic acids is 1. The Balaban J connectivity index is 3.27. The number of anilines is 1. The van der Waals surface area contributed by atoms with Crippen LogP contribution >= 0.6 is 0 Å². The van der Waals surface area contributed by atoms with Crippen LogP contribution in [-0.2, 0) is 4.79 Å². The van der Waals surface area contributed by atoms with Crippen LogP contribution in [0.25, 0.3) is 0 Å². The van der Waals surface area contributed by atoms with E-state index >= 15 is 0 Å². The van der Waals surface area contributed by atoms with E-state index in [4.69, 9.17) is 10.4 Å². The number of hydrogen-bond acceptors (Lipinski definition) is 6. The molecule has 0 fully saturated rings. The Kier molecular flexibility index (Phi) is 4.00. The molecule has 1 aromatic rings. The molecule has 1 amide bonds. The molecule has 9 nitrogen and oxygen atoms in total. The molecular weight excluding hydrogens is 258 g/mol. The molecule has 0 aromatic heterocycles. The molecular formula is C10H7N3O6. The number of nitro benzene ring substituents is 1. The van der Waals surface area contributed by atoms with Gasteiger partial charge in [-0.2, -0.15) is 5.26 Å². The van der Waals surface area contributed by atoms with E-state index in [2.05, 4.69) is 5.32 Å². The minimum Gasteiger partial charge on any atom is -0.501 e. The number of nitro groups is 1. The number of aromatic carboxylic acids is 1. The van der Waals surface area contributed by atoms with E-state index in [9.17, 15) is 24.8 Å². The van der Waals surface area contributed by atoms with Crippen molar-refractivity contribution in [3.63, 3.8) is 0 Å². The summed E-state index contributed by atoms with van der Waals surface area (Å²) in [5, 5.41) is 39.2. The topological polar surface area (TPSA) is 154 Å². The number of aromatic hydroxyl groups is 1. The van der Waals surface area contributed by atoms with E-state index in [1.807, 2.05) is 0 Å². The standard InChI is InChI=1S/C10H7N3O6/c11-2-1-8(14)12-5-3-6(10(16)17)9(15)7(4-5)13(18)19/h3-4,15H,1H2,(H,12,14)(H,16,17). The van der Waals surface area contributed by atoms with Crippen LogP contribution < -0.4 is 5.32 Å². The Morgan fingerprint density at radius 3 is 2.58 bits per heavy atom. The molecule has 19 heavy (non-hydrogen) atoms. The molecule has 0 saturated heterocycles. The van der Waals surface area contributed by atoms with Gasteiger partial charge >= 0.3 is 11.7 Å². The summed E-state index contributed by atoms with van der Waals surface area (Å²) in [7, 11) is 0. The number of carbonyl (C=O) groups excluding carboxylic acids is 1. The summed E-state index contributed by atoms with van der Waals surface area (Å²) in [6.07, 6.45) is -0.489. The van der Waals surface area contributed by atoms with Crippen LogP contribution in [0, 0.1) is 21.4 Å². The van der Waals surface area contributed by atoms with E-state index in [1.54, 1.807) is 6.07 Å². The molecule has 98 valence electrons. The van der Waals surface area contributed by atoms with Crippen molar-refractivity contribution < 1.29 is 24.7 Å². The summed E-state index contributed by atoms with van der Waals surface area (Å²) in [5.41, 5.74) is -1.77. The number of amides is 1. The maximum atomic E-state index is 11.1. The van der Waals surface area contributed by atoms with Gasteiger partial charge in [0.1, 0.15) is 12.0 Å². The molecule has 0 bridgehead atoms. The van der Waals surface area contributed by atoms with Gasteiger partial charge in [-0.05, 0) is 6.07 Å². The van der Waals surface area contributed by atoms with E-state index in [-0.39, 0.29) is 5.69 Å². The van der Waals surface area contributed by atoms with Gasteiger partial charge in [-0.3, -0.25) is 14.9 Å². The Labute approximate surface area is 105 Å². The molecule has 3 N–H and O–H groups in total. The molecule has 9 heteroatoms. The number of nitrogens with one attached hydrogen (secondary N) is 1. The zero-order chi connectivity index (χ0) is 14.6. The van der Waals surface area contributed by atoms with Crippen molar-refractivity contribution in [1.29, 1.82) is 5.26 Å².